The Labute approximate surface area is 180 Å². The van der Waals surface area contributed by atoms with Crippen LogP contribution in [0.2, 0.25) is 0 Å². The summed E-state index contributed by atoms with van der Waals surface area (Å²) in [5.41, 5.74) is 3.26. The molecule has 0 saturated heterocycles. The van der Waals surface area contributed by atoms with Gasteiger partial charge in [-0.1, -0.05) is 68.9 Å². The van der Waals surface area contributed by atoms with Gasteiger partial charge in [0.1, 0.15) is 11.1 Å². The highest BCUT2D eigenvalue weighted by Gasteiger charge is 2.25. The first-order valence-corrected chi connectivity index (χ1v) is 11.0. The first-order chi connectivity index (χ1) is 14.5. The van der Waals surface area contributed by atoms with Gasteiger partial charge >= 0.3 is 0 Å². The molecule has 0 aliphatic heterocycles. The number of benzene rings is 2. The summed E-state index contributed by atoms with van der Waals surface area (Å²) >= 11 is 1.39. The average Bonchev–Trinajstić information content (AvgIpc) is 3.11. The zero-order chi connectivity index (χ0) is 21.3. The molecule has 0 fully saturated rings. The number of hydrogen-bond acceptors (Lipinski definition) is 4. The number of carbonyl (C=O) groups is 1. The predicted octanol–water partition coefficient (Wildman–Crippen LogP) is 6.40. The number of para-hydroxylation sites is 2. The van der Waals surface area contributed by atoms with Crippen LogP contribution >= 0.6 is 11.8 Å². The molecule has 0 radical (unpaired) electrons. The molecule has 0 aliphatic carbocycles. The monoisotopic (exact) mass is 413 g/mol. The largest absolute Gasteiger partial charge is 0.279 e. The number of hydrogen-bond donors (Lipinski definition) is 0. The Balaban J connectivity index is 1.80. The molecule has 150 valence electrons. The van der Waals surface area contributed by atoms with Crippen LogP contribution in [0.5, 0.6) is 0 Å². The van der Waals surface area contributed by atoms with Crippen LogP contribution < -0.4 is 0 Å². The fourth-order valence-corrected chi connectivity index (χ4v) is 4.74. The summed E-state index contributed by atoms with van der Waals surface area (Å²) < 4.78 is 1.82. The molecule has 1 atom stereocenters. The average molecular weight is 414 g/mol. The number of rotatable bonds is 5. The van der Waals surface area contributed by atoms with Crippen LogP contribution in [0.1, 0.15) is 49.2 Å². The van der Waals surface area contributed by atoms with E-state index in [1.54, 1.807) is 0 Å². The standard InChI is InChI=1S/C25H23N3OS/c1-4-23(30-24-17(15-26)13-14-20(27-24)16(2)3)25(29)28-21-11-7-5-9-18(21)19-10-6-8-12-22(19)28/h5-14,16,23H,4H2,1-3H3. The maximum Gasteiger partial charge on any atom is 0.245 e. The molecule has 4 rings (SSSR count). The molecule has 0 amide bonds. The van der Waals surface area contributed by atoms with E-state index < -0.39 is 0 Å². The van der Waals surface area contributed by atoms with E-state index >= 15 is 0 Å². The molecular formula is C25H23N3OS. The summed E-state index contributed by atoms with van der Waals surface area (Å²) in [5, 5.41) is 12.0. The molecule has 2 aromatic heterocycles. The van der Waals surface area contributed by atoms with Gasteiger partial charge in [-0.05, 0) is 36.6 Å². The van der Waals surface area contributed by atoms with Crippen LogP contribution in [0.15, 0.2) is 65.7 Å². The Morgan fingerprint density at radius 2 is 1.63 bits per heavy atom. The van der Waals surface area contributed by atoms with Crippen molar-refractivity contribution in [3.63, 3.8) is 0 Å². The molecule has 4 nitrogen and oxygen atoms in total. The molecule has 1 unspecified atom stereocenters. The molecule has 0 aliphatic rings. The summed E-state index contributed by atoms with van der Waals surface area (Å²) in [6, 6.07) is 21.9. The lowest BCUT2D eigenvalue weighted by atomic mass is 10.1. The van der Waals surface area contributed by atoms with Crippen molar-refractivity contribution in [2.24, 2.45) is 0 Å². The summed E-state index contributed by atoms with van der Waals surface area (Å²) in [6.45, 7) is 6.15. The Hall–Kier alpha value is -3.10. The smallest absolute Gasteiger partial charge is 0.245 e. The van der Waals surface area contributed by atoms with Gasteiger partial charge in [-0.15, -0.1) is 0 Å². The summed E-state index contributed by atoms with van der Waals surface area (Å²) in [4.78, 5) is 18.4. The highest BCUT2D eigenvalue weighted by Crippen LogP contribution is 2.33. The van der Waals surface area contributed by atoms with Gasteiger partial charge in [0.25, 0.3) is 0 Å². The van der Waals surface area contributed by atoms with Gasteiger partial charge in [-0.25, -0.2) is 4.98 Å². The molecular weight excluding hydrogens is 390 g/mol. The van der Waals surface area contributed by atoms with Crippen LogP contribution in [0.3, 0.4) is 0 Å². The van der Waals surface area contributed by atoms with Crippen LogP contribution in [0, 0.1) is 11.3 Å². The number of pyridine rings is 1. The lowest BCUT2D eigenvalue weighted by Gasteiger charge is -2.17. The quantitative estimate of drug-likeness (QED) is 0.355. The lowest BCUT2D eigenvalue weighted by Crippen LogP contribution is -2.23. The molecule has 0 saturated carbocycles. The van der Waals surface area contributed by atoms with E-state index in [9.17, 15) is 10.1 Å². The first kappa shape index (κ1) is 20.2. The van der Waals surface area contributed by atoms with E-state index in [2.05, 4.69) is 32.0 Å². The zero-order valence-electron chi connectivity index (χ0n) is 17.3. The van der Waals surface area contributed by atoms with Crippen LogP contribution in [0.4, 0.5) is 0 Å². The third-order valence-electron chi connectivity index (χ3n) is 5.29. The van der Waals surface area contributed by atoms with Crippen molar-refractivity contribution in [2.75, 3.05) is 0 Å². The van der Waals surface area contributed by atoms with E-state index in [1.807, 2.05) is 60.0 Å². The maximum atomic E-state index is 13.7. The number of aromatic nitrogens is 2. The molecule has 0 bridgehead atoms. The number of thioether (sulfide) groups is 1. The van der Waals surface area contributed by atoms with Crippen LogP contribution in [-0.2, 0) is 0 Å². The Bertz CT molecular complexity index is 1230. The molecule has 30 heavy (non-hydrogen) atoms. The minimum Gasteiger partial charge on any atom is -0.279 e. The van der Waals surface area contributed by atoms with Crippen LogP contribution in [0.25, 0.3) is 21.8 Å². The van der Waals surface area contributed by atoms with Crippen LogP contribution in [-0.4, -0.2) is 20.7 Å². The van der Waals surface area contributed by atoms with Crippen molar-refractivity contribution in [3.05, 3.63) is 71.9 Å². The van der Waals surface area contributed by atoms with Crippen molar-refractivity contribution >= 4 is 39.5 Å². The molecule has 5 heteroatoms. The number of nitriles is 1. The minimum absolute atomic E-state index is 0.0144. The maximum absolute atomic E-state index is 13.7. The van der Waals surface area contributed by atoms with Crippen molar-refractivity contribution < 1.29 is 4.79 Å². The van der Waals surface area contributed by atoms with Gasteiger partial charge in [0.2, 0.25) is 5.91 Å². The van der Waals surface area contributed by atoms with Crippen molar-refractivity contribution in [1.29, 1.82) is 5.26 Å². The summed E-state index contributed by atoms with van der Waals surface area (Å²) in [7, 11) is 0. The number of nitrogens with zero attached hydrogens (tertiary/aromatic N) is 3. The fourth-order valence-electron chi connectivity index (χ4n) is 3.70. The number of fused-ring (bicyclic) bond motifs is 3. The van der Waals surface area contributed by atoms with E-state index in [0.29, 0.717) is 17.0 Å². The first-order valence-electron chi connectivity index (χ1n) is 10.1. The Morgan fingerprint density at radius 1 is 1.03 bits per heavy atom. The molecule has 0 spiro atoms. The summed E-state index contributed by atoms with van der Waals surface area (Å²) in [6.07, 6.45) is 0.642. The van der Waals surface area contributed by atoms with E-state index in [0.717, 1.165) is 27.5 Å². The topological polar surface area (TPSA) is 58.7 Å². The highest BCUT2D eigenvalue weighted by molar-refractivity contribution is 8.00. The van der Waals surface area contributed by atoms with Crippen molar-refractivity contribution in [3.8, 4) is 6.07 Å². The normalized spacial score (nSPS) is 12.4. The van der Waals surface area contributed by atoms with E-state index in [4.69, 9.17) is 4.98 Å². The van der Waals surface area contributed by atoms with Gasteiger partial charge in [-0.2, -0.15) is 5.26 Å². The van der Waals surface area contributed by atoms with Gasteiger partial charge in [0.05, 0.1) is 21.8 Å². The van der Waals surface area contributed by atoms with Crippen molar-refractivity contribution in [2.45, 2.75) is 43.4 Å². The van der Waals surface area contributed by atoms with Crippen molar-refractivity contribution in [1.82, 2.24) is 9.55 Å². The predicted molar refractivity (Wildman–Crippen MR) is 123 cm³/mol. The Kier molecular flexibility index (Phi) is 5.61. The molecule has 4 aromatic rings. The molecule has 2 heterocycles. The molecule has 0 N–H and O–H groups in total. The lowest BCUT2D eigenvalue weighted by molar-refractivity contribution is 0.0919. The molecule has 2 aromatic carbocycles. The summed E-state index contributed by atoms with van der Waals surface area (Å²) in [5.74, 6) is 0.269. The number of carbonyl (C=O) groups excluding carboxylic acids is 1. The zero-order valence-corrected chi connectivity index (χ0v) is 18.1. The van der Waals surface area contributed by atoms with Gasteiger partial charge in [0, 0.05) is 16.5 Å². The highest BCUT2D eigenvalue weighted by atomic mass is 32.2. The minimum atomic E-state index is -0.341. The second-order valence-corrected chi connectivity index (χ2v) is 8.77. The fraction of sp³-hybridized carbons (Fsp3) is 0.240. The SMILES string of the molecule is CCC(Sc1nc(C(C)C)ccc1C#N)C(=O)n1c2ccccc2c2ccccc21. The third kappa shape index (κ3) is 3.48. The third-order valence-corrected chi connectivity index (χ3v) is 6.65. The van der Waals surface area contributed by atoms with Gasteiger partial charge < -0.3 is 0 Å². The van der Waals surface area contributed by atoms with E-state index in [-0.39, 0.29) is 17.1 Å². The van der Waals surface area contributed by atoms with E-state index in [1.165, 1.54) is 11.8 Å². The van der Waals surface area contributed by atoms with Gasteiger partial charge in [-0.3, -0.25) is 9.36 Å². The van der Waals surface area contributed by atoms with Gasteiger partial charge in [0.15, 0.2) is 0 Å². The Morgan fingerprint density at radius 3 is 2.17 bits per heavy atom. The second-order valence-electron chi connectivity index (χ2n) is 7.58. The second kappa shape index (κ2) is 8.33.